The summed E-state index contributed by atoms with van der Waals surface area (Å²) in [6.45, 7) is 1.39. The molecule has 0 amide bonds. The van der Waals surface area contributed by atoms with Crippen LogP contribution in [0.5, 0.6) is 0 Å². The minimum Gasteiger partial charge on any atom is -0.347 e. The Hall–Kier alpha value is -0.590. The molecule has 2 aliphatic rings. The Bertz CT molecular complexity index is 171. The lowest BCUT2D eigenvalue weighted by Crippen LogP contribution is -2.44. The van der Waals surface area contributed by atoms with Crippen LogP contribution in [-0.4, -0.2) is 19.0 Å². The molecule has 0 N–H and O–H groups in total. The van der Waals surface area contributed by atoms with Crippen molar-refractivity contribution in [2.45, 2.75) is 18.6 Å². The van der Waals surface area contributed by atoms with Gasteiger partial charge in [0.25, 0.3) is 0 Å². The average molecular weight is 139 g/mol. The second kappa shape index (κ2) is 1.94. The second-order valence-corrected chi connectivity index (χ2v) is 2.84. The highest BCUT2D eigenvalue weighted by atomic mass is 16.7. The SMILES string of the molecule is N#CC1CC2(C1)OCCO2. The van der Waals surface area contributed by atoms with Gasteiger partial charge in [0, 0.05) is 12.8 Å². The van der Waals surface area contributed by atoms with Crippen LogP contribution in [0, 0.1) is 17.2 Å². The van der Waals surface area contributed by atoms with Crippen molar-refractivity contribution in [2.75, 3.05) is 13.2 Å². The molecule has 1 saturated heterocycles. The van der Waals surface area contributed by atoms with Crippen molar-refractivity contribution in [3.63, 3.8) is 0 Å². The monoisotopic (exact) mass is 139 g/mol. The predicted octanol–water partition coefficient (Wildman–Crippen LogP) is 0.663. The fourth-order valence-corrected chi connectivity index (χ4v) is 1.52. The lowest BCUT2D eigenvalue weighted by atomic mass is 9.80. The highest BCUT2D eigenvalue weighted by Crippen LogP contribution is 2.43. The zero-order chi connectivity index (χ0) is 7.03. The summed E-state index contributed by atoms with van der Waals surface area (Å²) < 4.78 is 10.7. The van der Waals surface area contributed by atoms with Gasteiger partial charge in [0.05, 0.1) is 25.2 Å². The van der Waals surface area contributed by atoms with Crippen LogP contribution < -0.4 is 0 Å². The molecule has 0 aromatic rings. The van der Waals surface area contributed by atoms with E-state index in [0.29, 0.717) is 13.2 Å². The van der Waals surface area contributed by atoms with Gasteiger partial charge in [0.2, 0.25) is 0 Å². The van der Waals surface area contributed by atoms with Crippen molar-refractivity contribution in [1.29, 1.82) is 5.26 Å². The van der Waals surface area contributed by atoms with E-state index < -0.39 is 0 Å². The lowest BCUT2D eigenvalue weighted by molar-refractivity contribution is -0.220. The molecule has 3 heteroatoms. The molecule has 1 spiro atoms. The molecule has 1 saturated carbocycles. The van der Waals surface area contributed by atoms with Gasteiger partial charge in [-0.05, 0) is 0 Å². The molecule has 0 aromatic carbocycles. The Kier molecular flexibility index (Phi) is 1.19. The molecular weight excluding hydrogens is 130 g/mol. The molecule has 0 bridgehead atoms. The average Bonchev–Trinajstić information content (AvgIpc) is 2.30. The van der Waals surface area contributed by atoms with Crippen molar-refractivity contribution in [2.24, 2.45) is 5.92 Å². The zero-order valence-corrected chi connectivity index (χ0v) is 5.67. The van der Waals surface area contributed by atoms with Crippen LogP contribution in [0.15, 0.2) is 0 Å². The van der Waals surface area contributed by atoms with Crippen LogP contribution in [0.4, 0.5) is 0 Å². The van der Waals surface area contributed by atoms with Gasteiger partial charge in [-0.15, -0.1) is 0 Å². The lowest BCUT2D eigenvalue weighted by Gasteiger charge is -2.39. The summed E-state index contributed by atoms with van der Waals surface area (Å²) in [4.78, 5) is 0. The summed E-state index contributed by atoms with van der Waals surface area (Å²) >= 11 is 0. The maximum atomic E-state index is 8.47. The third-order valence-electron chi connectivity index (χ3n) is 2.11. The van der Waals surface area contributed by atoms with Crippen molar-refractivity contribution >= 4 is 0 Å². The number of rotatable bonds is 0. The van der Waals surface area contributed by atoms with Crippen LogP contribution in [0.25, 0.3) is 0 Å². The molecule has 2 fully saturated rings. The van der Waals surface area contributed by atoms with Crippen LogP contribution in [0.3, 0.4) is 0 Å². The Morgan fingerprint density at radius 2 is 1.90 bits per heavy atom. The van der Waals surface area contributed by atoms with Crippen LogP contribution in [0.2, 0.25) is 0 Å². The zero-order valence-electron chi connectivity index (χ0n) is 5.67. The summed E-state index contributed by atoms with van der Waals surface area (Å²) in [5, 5.41) is 8.47. The Morgan fingerprint density at radius 3 is 2.40 bits per heavy atom. The van der Waals surface area contributed by atoms with E-state index >= 15 is 0 Å². The van der Waals surface area contributed by atoms with Gasteiger partial charge < -0.3 is 9.47 Å². The van der Waals surface area contributed by atoms with Crippen LogP contribution >= 0.6 is 0 Å². The van der Waals surface area contributed by atoms with E-state index in [1.54, 1.807) is 0 Å². The fourth-order valence-electron chi connectivity index (χ4n) is 1.52. The van der Waals surface area contributed by atoms with E-state index in [-0.39, 0.29) is 11.7 Å². The van der Waals surface area contributed by atoms with Crippen LogP contribution in [0.1, 0.15) is 12.8 Å². The van der Waals surface area contributed by atoms with E-state index in [1.165, 1.54) is 0 Å². The molecular formula is C7H9NO2. The highest BCUT2D eigenvalue weighted by Gasteiger charge is 2.49. The number of nitriles is 1. The summed E-state index contributed by atoms with van der Waals surface area (Å²) in [5.41, 5.74) is 0. The van der Waals surface area contributed by atoms with Gasteiger partial charge in [-0.2, -0.15) is 5.26 Å². The van der Waals surface area contributed by atoms with Gasteiger partial charge in [0.15, 0.2) is 5.79 Å². The molecule has 3 nitrogen and oxygen atoms in total. The smallest absolute Gasteiger partial charge is 0.171 e. The molecule has 10 heavy (non-hydrogen) atoms. The quantitative estimate of drug-likeness (QED) is 0.495. The predicted molar refractivity (Wildman–Crippen MR) is 33.0 cm³/mol. The first kappa shape index (κ1) is 6.14. The Balaban J connectivity index is 1.94. The Morgan fingerprint density at radius 1 is 1.30 bits per heavy atom. The first-order valence-electron chi connectivity index (χ1n) is 3.52. The standard InChI is InChI=1S/C7H9NO2/c8-5-6-3-7(4-6)9-1-2-10-7/h6H,1-4H2. The summed E-state index contributed by atoms with van der Waals surface area (Å²) in [7, 11) is 0. The fraction of sp³-hybridized carbons (Fsp3) is 0.857. The third kappa shape index (κ3) is 0.731. The molecule has 0 atom stereocenters. The van der Waals surface area contributed by atoms with Crippen molar-refractivity contribution < 1.29 is 9.47 Å². The van der Waals surface area contributed by atoms with Crippen molar-refractivity contribution in [3.05, 3.63) is 0 Å². The first-order valence-corrected chi connectivity index (χ1v) is 3.52. The molecule has 1 aliphatic carbocycles. The maximum Gasteiger partial charge on any atom is 0.171 e. The number of ether oxygens (including phenoxy) is 2. The molecule has 54 valence electrons. The summed E-state index contributed by atoms with van der Waals surface area (Å²) in [5.74, 6) is -0.168. The first-order chi connectivity index (χ1) is 4.85. The molecule has 0 aromatic heterocycles. The van der Waals surface area contributed by atoms with E-state index in [4.69, 9.17) is 14.7 Å². The molecule has 0 unspecified atom stereocenters. The topological polar surface area (TPSA) is 42.2 Å². The van der Waals surface area contributed by atoms with Crippen molar-refractivity contribution in [1.82, 2.24) is 0 Å². The third-order valence-corrected chi connectivity index (χ3v) is 2.11. The minimum absolute atomic E-state index is 0.165. The number of hydrogen-bond donors (Lipinski definition) is 0. The minimum atomic E-state index is -0.333. The molecule has 0 radical (unpaired) electrons. The van der Waals surface area contributed by atoms with E-state index in [2.05, 4.69) is 6.07 Å². The van der Waals surface area contributed by atoms with E-state index in [0.717, 1.165) is 12.8 Å². The van der Waals surface area contributed by atoms with Gasteiger partial charge in [-0.1, -0.05) is 0 Å². The highest BCUT2D eigenvalue weighted by molar-refractivity contribution is 5.00. The van der Waals surface area contributed by atoms with Gasteiger partial charge in [-0.25, -0.2) is 0 Å². The number of hydrogen-bond acceptors (Lipinski definition) is 3. The molecule has 1 aliphatic heterocycles. The van der Waals surface area contributed by atoms with Gasteiger partial charge in [-0.3, -0.25) is 0 Å². The van der Waals surface area contributed by atoms with E-state index in [1.807, 2.05) is 0 Å². The Labute approximate surface area is 59.5 Å². The molecule has 2 rings (SSSR count). The van der Waals surface area contributed by atoms with Crippen molar-refractivity contribution in [3.8, 4) is 6.07 Å². The molecule has 1 heterocycles. The van der Waals surface area contributed by atoms with Gasteiger partial charge >= 0.3 is 0 Å². The second-order valence-electron chi connectivity index (χ2n) is 2.84. The summed E-state index contributed by atoms with van der Waals surface area (Å²) in [6.07, 6.45) is 1.53. The largest absolute Gasteiger partial charge is 0.347 e. The summed E-state index contributed by atoms with van der Waals surface area (Å²) in [6, 6.07) is 2.19. The van der Waals surface area contributed by atoms with Gasteiger partial charge in [0.1, 0.15) is 0 Å². The normalized spacial score (nSPS) is 29.9. The number of nitrogens with zero attached hydrogens (tertiary/aromatic N) is 1. The van der Waals surface area contributed by atoms with E-state index in [9.17, 15) is 0 Å². The van der Waals surface area contributed by atoms with Crippen LogP contribution in [-0.2, 0) is 9.47 Å². The maximum absolute atomic E-state index is 8.47.